The molecule has 0 amide bonds. The Kier molecular flexibility index (Phi) is 16.3. The Bertz CT molecular complexity index is 1010. The van der Waals surface area contributed by atoms with Crippen LogP contribution in [0.1, 0.15) is 113 Å². The SMILES string of the molecule is CC(C)(C)C.CC(C)(C)c1ccncn1.CC(C)(C)c1cncnc1.CC(C)(C)c1ncccn1.[2HH].[2HH].[2HH].[2HH].c1cncnc1. The van der Waals surface area contributed by atoms with Gasteiger partial charge < -0.3 is 0 Å². The molecule has 0 aromatic carbocycles. The lowest BCUT2D eigenvalue weighted by Crippen LogP contribution is -2.14. The summed E-state index contributed by atoms with van der Waals surface area (Å²) in [5.74, 6) is 0.898. The third-order valence-electron chi connectivity index (χ3n) is 4.49. The number of nitrogens with zero attached hydrogens (tertiary/aromatic N) is 8. The van der Waals surface area contributed by atoms with E-state index in [2.05, 4.69) is 130 Å². The summed E-state index contributed by atoms with van der Waals surface area (Å²) in [4.78, 5) is 31.5. The van der Waals surface area contributed by atoms with E-state index in [1.54, 1.807) is 49.7 Å². The van der Waals surface area contributed by atoms with Crippen molar-refractivity contribution in [3.8, 4) is 0 Å². The molecular formula is C33H60N8. The molecule has 0 radical (unpaired) electrons. The van der Waals surface area contributed by atoms with Crippen molar-refractivity contribution in [2.24, 2.45) is 5.41 Å². The van der Waals surface area contributed by atoms with Gasteiger partial charge in [-0.2, -0.15) is 0 Å². The number of aromatic nitrogens is 8. The van der Waals surface area contributed by atoms with Gasteiger partial charge in [0.1, 0.15) is 24.8 Å². The van der Waals surface area contributed by atoms with E-state index in [0.717, 1.165) is 11.5 Å². The first-order valence-corrected chi connectivity index (χ1v) is 13.8. The molecule has 8 heteroatoms. The summed E-state index contributed by atoms with van der Waals surface area (Å²) in [6.45, 7) is 27.9. The molecule has 0 bridgehead atoms. The fourth-order valence-electron chi connectivity index (χ4n) is 2.36. The van der Waals surface area contributed by atoms with Crippen molar-refractivity contribution in [1.29, 1.82) is 0 Å². The van der Waals surface area contributed by atoms with E-state index in [9.17, 15) is 0 Å². The Morgan fingerprint density at radius 3 is 1.15 bits per heavy atom. The van der Waals surface area contributed by atoms with Crippen LogP contribution in [0.15, 0.2) is 80.6 Å². The van der Waals surface area contributed by atoms with Crippen LogP contribution in [0.3, 0.4) is 0 Å². The first kappa shape index (κ1) is 37.3. The first-order chi connectivity index (χ1) is 18.8. The van der Waals surface area contributed by atoms with E-state index in [1.807, 2.05) is 24.5 Å². The van der Waals surface area contributed by atoms with Crippen molar-refractivity contribution in [3.05, 3.63) is 97.6 Å². The quantitative estimate of drug-likeness (QED) is 0.206. The molecule has 0 atom stereocenters. The van der Waals surface area contributed by atoms with Gasteiger partial charge >= 0.3 is 0 Å². The van der Waals surface area contributed by atoms with Crippen molar-refractivity contribution in [1.82, 2.24) is 39.9 Å². The number of hydrogen-bond acceptors (Lipinski definition) is 8. The van der Waals surface area contributed by atoms with Crippen LogP contribution in [0, 0.1) is 5.41 Å². The normalized spacial score (nSPS) is 11.0. The van der Waals surface area contributed by atoms with Gasteiger partial charge in [-0.3, -0.25) is 0 Å². The van der Waals surface area contributed by atoms with Crippen LogP contribution in [0.5, 0.6) is 0 Å². The zero-order valence-corrected chi connectivity index (χ0v) is 27.6. The lowest BCUT2D eigenvalue weighted by atomic mass is 9.89. The van der Waals surface area contributed by atoms with E-state index in [4.69, 9.17) is 0 Å². The van der Waals surface area contributed by atoms with Crippen molar-refractivity contribution in [2.45, 2.75) is 106 Å². The Morgan fingerprint density at radius 2 is 0.902 bits per heavy atom. The van der Waals surface area contributed by atoms with Gasteiger partial charge in [0, 0.05) is 65.6 Å². The summed E-state index contributed by atoms with van der Waals surface area (Å²) < 4.78 is 0. The molecule has 8 nitrogen and oxygen atoms in total. The minimum atomic E-state index is 0. The molecule has 4 rings (SSSR count). The number of hydrogen-bond donors (Lipinski definition) is 0. The Morgan fingerprint density at radius 1 is 0.463 bits per heavy atom. The maximum Gasteiger partial charge on any atom is 0.133 e. The molecule has 0 N–H and O–H groups in total. The van der Waals surface area contributed by atoms with Crippen LogP contribution in [0.4, 0.5) is 0 Å². The van der Waals surface area contributed by atoms with Crippen LogP contribution in [-0.2, 0) is 16.2 Å². The van der Waals surface area contributed by atoms with Crippen LogP contribution in [0.25, 0.3) is 0 Å². The highest BCUT2D eigenvalue weighted by Crippen LogP contribution is 2.19. The molecule has 4 aromatic heterocycles. The second-order valence-electron chi connectivity index (χ2n) is 13.9. The maximum absolute atomic E-state index is 4.14. The summed E-state index contributed by atoms with van der Waals surface area (Å²) in [6.07, 6.45) is 17.0. The molecule has 0 aliphatic rings. The van der Waals surface area contributed by atoms with Crippen LogP contribution >= 0.6 is 0 Å². The summed E-state index contributed by atoms with van der Waals surface area (Å²) in [5.41, 5.74) is 3.14. The number of rotatable bonds is 0. The summed E-state index contributed by atoms with van der Waals surface area (Å²) in [6, 6.07) is 5.55. The van der Waals surface area contributed by atoms with Gasteiger partial charge in [0.05, 0.1) is 0 Å². The topological polar surface area (TPSA) is 103 Å². The fourth-order valence-corrected chi connectivity index (χ4v) is 2.36. The molecule has 232 valence electrons. The highest BCUT2D eigenvalue weighted by molar-refractivity contribution is 5.13. The highest BCUT2D eigenvalue weighted by Gasteiger charge is 2.15. The molecule has 0 unspecified atom stereocenters. The van der Waals surface area contributed by atoms with E-state index in [-0.39, 0.29) is 22.0 Å². The van der Waals surface area contributed by atoms with Gasteiger partial charge in [0.15, 0.2) is 0 Å². The fraction of sp³-hybridized carbons (Fsp3) is 0.515. The van der Waals surface area contributed by atoms with E-state index in [1.165, 1.54) is 11.9 Å². The predicted molar refractivity (Wildman–Crippen MR) is 178 cm³/mol. The first-order valence-electron chi connectivity index (χ1n) is 13.8. The Hall–Kier alpha value is -3.68. The largest absolute Gasteiger partial charge is 0.245 e. The molecule has 0 saturated heterocycles. The zero-order valence-electron chi connectivity index (χ0n) is 27.6. The molecule has 0 aliphatic carbocycles. The van der Waals surface area contributed by atoms with Crippen molar-refractivity contribution in [2.75, 3.05) is 0 Å². The van der Waals surface area contributed by atoms with Crippen molar-refractivity contribution in [3.63, 3.8) is 0 Å². The minimum absolute atomic E-state index is 0. The molecule has 0 saturated carbocycles. The van der Waals surface area contributed by atoms with Gasteiger partial charge in [-0.05, 0) is 34.6 Å². The predicted octanol–water partition coefficient (Wildman–Crippen LogP) is 8.84. The molecule has 0 fully saturated rings. The van der Waals surface area contributed by atoms with Crippen LogP contribution in [-0.4, -0.2) is 39.9 Å². The molecule has 41 heavy (non-hydrogen) atoms. The maximum atomic E-state index is 4.14. The molecule has 4 heterocycles. The van der Waals surface area contributed by atoms with Gasteiger partial charge in [-0.1, -0.05) is 90.0 Å². The van der Waals surface area contributed by atoms with Crippen molar-refractivity contribution < 1.29 is 5.71 Å². The molecular weight excluding hydrogens is 508 g/mol. The van der Waals surface area contributed by atoms with Crippen molar-refractivity contribution >= 4 is 0 Å². The average molecular weight is 573 g/mol. The van der Waals surface area contributed by atoms with Gasteiger partial charge in [0.2, 0.25) is 0 Å². The van der Waals surface area contributed by atoms with E-state index in [0.29, 0.717) is 5.41 Å². The molecule has 0 aliphatic heterocycles. The van der Waals surface area contributed by atoms with Gasteiger partial charge in [-0.25, -0.2) is 39.9 Å². The lowest BCUT2D eigenvalue weighted by molar-refractivity contribution is 0.469. The summed E-state index contributed by atoms with van der Waals surface area (Å²) >= 11 is 0. The second kappa shape index (κ2) is 17.9. The average Bonchev–Trinajstić information content (AvgIpc) is 2.90. The summed E-state index contributed by atoms with van der Waals surface area (Å²) in [7, 11) is 0. The lowest BCUT2D eigenvalue weighted by Gasteiger charge is -2.16. The molecule has 4 aromatic rings. The highest BCUT2D eigenvalue weighted by atomic mass is 14.9. The van der Waals surface area contributed by atoms with E-state index >= 15 is 0 Å². The van der Waals surface area contributed by atoms with Gasteiger partial charge in [0.25, 0.3) is 0 Å². The summed E-state index contributed by atoms with van der Waals surface area (Å²) in [5, 5.41) is 0. The Labute approximate surface area is 255 Å². The van der Waals surface area contributed by atoms with Crippen LogP contribution in [0.2, 0.25) is 0 Å². The third-order valence-corrected chi connectivity index (χ3v) is 4.49. The third kappa shape index (κ3) is 21.8. The van der Waals surface area contributed by atoms with E-state index < -0.39 is 0 Å². The van der Waals surface area contributed by atoms with Gasteiger partial charge in [-0.15, -0.1) is 0 Å². The smallest absolute Gasteiger partial charge is 0.133 e. The Balaban J connectivity index is -0.000000148. The second-order valence-corrected chi connectivity index (χ2v) is 13.9. The minimum Gasteiger partial charge on any atom is -0.245 e. The standard InChI is InChI=1S/3C8H12N2.C5H12.C4H4N2.4H2/c1-8(2,3)7-4-9-6-10-5-7;1-8(2,3)7-4-5-9-6-10-7;1-8(2,3)7-9-5-4-6-10-7;1-5(2,3)4;1-2-5-4-6-3-1;;;;/h3*4-6H,1-3H3;1-4H3;1-4H;4*1H/i;;;;;4*1+1. The molecule has 0 spiro atoms. The zero-order chi connectivity index (χ0) is 31.6. The monoisotopic (exact) mass is 573 g/mol. The van der Waals surface area contributed by atoms with Crippen LogP contribution < -0.4 is 0 Å².